The van der Waals surface area contributed by atoms with E-state index in [4.69, 9.17) is 9.47 Å². The van der Waals surface area contributed by atoms with E-state index in [1.54, 1.807) is 7.11 Å². The molecule has 2 rings (SSSR count). The Hall–Kier alpha value is -1.33. The van der Waals surface area contributed by atoms with Crippen molar-refractivity contribution in [2.45, 2.75) is 33.1 Å². The molecule has 20 heavy (non-hydrogen) atoms. The minimum Gasteiger partial charge on any atom is -0.497 e. The lowest BCUT2D eigenvalue weighted by Gasteiger charge is -2.10. The third kappa shape index (κ3) is 3.84. The Bertz CT molecular complexity index is 537. The Kier molecular flexibility index (Phi) is 5.61. The summed E-state index contributed by atoms with van der Waals surface area (Å²) < 4.78 is 13.9. The van der Waals surface area contributed by atoms with E-state index in [2.05, 4.69) is 27.8 Å². The van der Waals surface area contributed by atoms with E-state index in [0.29, 0.717) is 13.3 Å². The van der Waals surface area contributed by atoms with Gasteiger partial charge in [0, 0.05) is 6.42 Å². The lowest BCUT2D eigenvalue weighted by atomic mass is 10.2. The van der Waals surface area contributed by atoms with Crippen LogP contribution in [-0.4, -0.2) is 16.7 Å². The maximum Gasteiger partial charge on any atom is 0.125 e. The van der Waals surface area contributed by atoms with Gasteiger partial charge >= 0.3 is 0 Å². The summed E-state index contributed by atoms with van der Waals surface area (Å²) in [5, 5.41) is 0. The minimum atomic E-state index is 0.502. The predicted octanol–water partition coefficient (Wildman–Crippen LogP) is 3.78. The van der Waals surface area contributed by atoms with Gasteiger partial charge in [0.1, 0.15) is 22.9 Å². The van der Waals surface area contributed by atoms with Gasteiger partial charge in [-0.3, -0.25) is 4.57 Å². The zero-order chi connectivity index (χ0) is 14.4. The molecule has 1 heterocycles. The van der Waals surface area contributed by atoms with Crippen LogP contribution in [0.3, 0.4) is 0 Å². The van der Waals surface area contributed by atoms with Crippen LogP contribution in [0.4, 0.5) is 0 Å². The van der Waals surface area contributed by atoms with Crippen LogP contribution < -0.4 is 4.74 Å². The van der Waals surface area contributed by atoms with Gasteiger partial charge in [0.25, 0.3) is 0 Å². The van der Waals surface area contributed by atoms with Crippen molar-refractivity contribution in [3.63, 3.8) is 0 Å². The van der Waals surface area contributed by atoms with Crippen LogP contribution in [0.25, 0.3) is 0 Å². The molecule has 0 aliphatic heterocycles. The van der Waals surface area contributed by atoms with E-state index in [1.165, 1.54) is 0 Å². The average Bonchev–Trinajstić information content (AvgIpc) is 2.81. The van der Waals surface area contributed by atoms with Gasteiger partial charge in [0.2, 0.25) is 0 Å². The van der Waals surface area contributed by atoms with Gasteiger partial charge in [-0.05, 0) is 40.0 Å². The van der Waals surface area contributed by atoms with Crippen molar-refractivity contribution in [3.05, 3.63) is 46.5 Å². The number of ether oxygens (including phenoxy) is 2. The molecule has 5 heteroatoms. The van der Waals surface area contributed by atoms with Crippen LogP contribution in [-0.2, 0) is 24.5 Å². The number of hydrogen-bond donors (Lipinski definition) is 0. The van der Waals surface area contributed by atoms with E-state index in [1.807, 2.05) is 35.0 Å². The molecule has 108 valence electrons. The average molecular weight is 339 g/mol. The highest BCUT2D eigenvalue weighted by molar-refractivity contribution is 9.10. The Balaban J connectivity index is 1.90. The highest BCUT2D eigenvalue weighted by atomic mass is 79.9. The molecular weight excluding hydrogens is 320 g/mol. The summed E-state index contributed by atoms with van der Waals surface area (Å²) >= 11 is 3.50. The molecule has 1 aromatic heterocycles. The van der Waals surface area contributed by atoms with E-state index in [0.717, 1.165) is 34.6 Å². The molecule has 0 radical (unpaired) electrons. The van der Waals surface area contributed by atoms with E-state index >= 15 is 0 Å². The number of aromatic nitrogens is 2. The number of halogens is 1. The molecule has 2 aromatic rings. The number of rotatable bonds is 7. The molecule has 0 bridgehead atoms. The van der Waals surface area contributed by atoms with Crippen molar-refractivity contribution in [2.75, 3.05) is 7.11 Å². The fourth-order valence-electron chi connectivity index (χ4n) is 1.93. The molecule has 4 nitrogen and oxygen atoms in total. The molecule has 0 unspecified atom stereocenters. The van der Waals surface area contributed by atoms with E-state index < -0.39 is 0 Å². The molecule has 0 spiro atoms. The van der Waals surface area contributed by atoms with Gasteiger partial charge in [0.15, 0.2) is 0 Å². The van der Waals surface area contributed by atoms with Crippen molar-refractivity contribution in [2.24, 2.45) is 0 Å². The summed E-state index contributed by atoms with van der Waals surface area (Å²) in [7, 11) is 1.66. The molecule has 0 saturated carbocycles. The Morgan fingerprint density at radius 3 is 2.65 bits per heavy atom. The summed E-state index contributed by atoms with van der Waals surface area (Å²) in [6, 6.07) is 7.90. The lowest BCUT2D eigenvalue weighted by molar-refractivity contribution is 0.0608. The Morgan fingerprint density at radius 2 is 2.00 bits per heavy atom. The van der Waals surface area contributed by atoms with Crippen LogP contribution in [0.1, 0.15) is 24.7 Å². The lowest BCUT2D eigenvalue weighted by Crippen LogP contribution is -2.07. The highest BCUT2D eigenvalue weighted by Crippen LogP contribution is 2.16. The van der Waals surface area contributed by atoms with E-state index in [9.17, 15) is 0 Å². The number of methoxy groups -OCH3 is 1. The van der Waals surface area contributed by atoms with Crippen LogP contribution in [0.15, 0.2) is 35.1 Å². The van der Waals surface area contributed by atoms with Crippen molar-refractivity contribution in [1.29, 1.82) is 0 Å². The number of nitrogens with zero attached hydrogens (tertiary/aromatic N) is 2. The van der Waals surface area contributed by atoms with Gasteiger partial charge in [-0.1, -0.05) is 19.1 Å². The van der Waals surface area contributed by atoms with Gasteiger partial charge < -0.3 is 9.47 Å². The van der Waals surface area contributed by atoms with Crippen LogP contribution >= 0.6 is 15.9 Å². The first-order valence-electron chi connectivity index (χ1n) is 6.65. The summed E-state index contributed by atoms with van der Waals surface area (Å²) in [5.41, 5.74) is 1.12. The van der Waals surface area contributed by atoms with Crippen LogP contribution in [0, 0.1) is 0 Å². The standard InChI is InChI=1S/C15H19BrN2O2/c1-3-4-15-17-9-14(16)18(15)11-20-10-12-5-7-13(19-2)8-6-12/h5-9H,3-4,10-11H2,1-2H3. The Morgan fingerprint density at radius 1 is 1.25 bits per heavy atom. The molecule has 1 aromatic carbocycles. The molecule has 0 fully saturated rings. The fourth-order valence-corrected chi connectivity index (χ4v) is 2.34. The Labute approximate surface area is 127 Å². The number of hydrogen-bond acceptors (Lipinski definition) is 3. The van der Waals surface area contributed by atoms with Crippen molar-refractivity contribution in [3.8, 4) is 5.75 Å². The second-order valence-electron chi connectivity index (χ2n) is 4.50. The molecule has 0 saturated heterocycles. The number of aryl methyl sites for hydroxylation is 1. The third-order valence-corrected chi connectivity index (χ3v) is 3.64. The third-order valence-electron chi connectivity index (χ3n) is 3.01. The summed E-state index contributed by atoms with van der Waals surface area (Å²) in [6.45, 7) is 3.22. The quantitative estimate of drug-likeness (QED) is 0.770. The maximum absolute atomic E-state index is 5.76. The minimum absolute atomic E-state index is 0.502. The van der Waals surface area contributed by atoms with Gasteiger partial charge in [0.05, 0.1) is 19.9 Å². The zero-order valence-corrected chi connectivity index (χ0v) is 13.4. The number of benzene rings is 1. The first kappa shape index (κ1) is 15.1. The second kappa shape index (κ2) is 7.45. The second-order valence-corrected chi connectivity index (χ2v) is 5.31. The molecule has 0 atom stereocenters. The topological polar surface area (TPSA) is 36.3 Å². The van der Waals surface area contributed by atoms with Crippen molar-refractivity contribution >= 4 is 15.9 Å². The smallest absolute Gasteiger partial charge is 0.125 e. The first-order chi connectivity index (χ1) is 9.74. The van der Waals surface area contributed by atoms with E-state index in [-0.39, 0.29) is 0 Å². The SMILES string of the molecule is CCCc1ncc(Br)n1COCc1ccc(OC)cc1. The molecule has 0 aliphatic carbocycles. The molecule has 0 aliphatic rings. The largest absolute Gasteiger partial charge is 0.497 e. The van der Waals surface area contributed by atoms with Gasteiger partial charge in [-0.2, -0.15) is 0 Å². The van der Waals surface area contributed by atoms with Crippen molar-refractivity contribution < 1.29 is 9.47 Å². The van der Waals surface area contributed by atoms with Crippen LogP contribution in [0.2, 0.25) is 0 Å². The number of imidazole rings is 1. The first-order valence-corrected chi connectivity index (χ1v) is 7.44. The molecular formula is C15H19BrN2O2. The van der Waals surface area contributed by atoms with Gasteiger partial charge in [-0.25, -0.2) is 4.98 Å². The monoisotopic (exact) mass is 338 g/mol. The molecule has 0 N–H and O–H groups in total. The fraction of sp³-hybridized carbons (Fsp3) is 0.400. The summed E-state index contributed by atoms with van der Waals surface area (Å²) in [5.74, 6) is 1.91. The van der Waals surface area contributed by atoms with Gasteiger partial charge in [-0.15, -0.1) is 0 Å². The summed E-state index contributed by atoms with van der Waals surface area (Å²) in [4.78, 5) is 4.37. The van der Waals surface area contributed by atoms with Crippen LogP contribution in [0.5, 0.6) is 5.75 Å². The highest BCUT2D eigenvalue weighted by Gasteiger charge is 2.07. The molecule has 0 amide bonds. The maximum atomic E-state index is 5.76. The normalized spacial score (nSPS) is 10.8. The summed E-state index contributed by atoms with van der Waals surface area (Å²) in [6.07, 6.45) is 3.85. The predicted molar refractivity (Wildman–Crippen MR) is 81.7 cm³/mol. The zero-order valence-electron chi connectivity index (χ0n) is 11.8. The van der Waals surface area contributed by atoms with Crippen molar-refractivity contribution in [1.82, 2.24) is 9.55 Å².